The van der Waals surface area contributed by atoms with E-state index in [1.165, 1.54) is 22.2 Å². The topological polar surface area (TPSA) is 82.8 Å². The highest BCUT2D eigenvalue weighted by Gasteiger charge is 2.16. The Morgan fingerprint density at radius 2 is 2.00 bits per heavy atom. The van der Waals surface area contributed by atoms with Crippen LogP contribution >= 0.6 is 11.3 Å². The molecule has 158 valence electrons. The van der Waals surface area contributed by atoms with Gasteiger partial charge in [0.05, 0.1) is 37.6 Å². The minimum absolute atomic E-state index is 0.0914. The van der Waals surface area contributed by atoms with Crippen LogP contribution in [0.15, 0.2) is 65.0 Å². The second kappa shape index (κ2) is 8.50. The van der Waals surface area contributed by atoms with Gasteiger partial charge in [-0.2, -0.15) is 0 Å². The highest BCUT2D eigenvalue weighted by atomic mass is 32.1. The van der Waals surface area contributed by atoms with Gasteiger partial charge in [0.25, 0.3) is 5.56 Å². The van der Waals surface area contributed by atoms with Gasteiger partial charge in [-0.1, -0.05) is 36.4 Å². The molecule has 31 heavy (non-hydrogen) atoms. The summed E-state index contributed by atoms with van der Waals surface area (Å²) >= 11 is 1.44. The van der Waals surface area contributed by atoms with Crippen LogP contribution in [0, 0.1) is 0 Å². The minimum Gasteiger partial charge on any atom is -0.454 e. The summed E-state index contributed by atoms with van der Waals surface area (Å²) in [5, 5.41) is 12.9. The van der Waals surface area contributed by atoms with Gasteiger partial charge in [0.2, 0.25) is 6.79 Å². The monoisotopic (exact) mass is 436 g/mol. The lowest BCUT2D eigenvalue weighted by Crippen LogP contribution is -2.29. The van der Waals surface area contributed by atoms with Crippen LogP contribution in [0.2, 0.25) is 0 Å². The fraction of sp³-hybridized carbons (Fsp3) is 0.217. The van der Waals surface area contributed by atoms with E-state index in [4.69, 9.17) is 14.2 Å². The zero-order chi connectivity index (χ0) is 21.2. The van der Waals surface area contributed by atoms with Gasteiger partial charge in [0.15, 0.2) is 11.5 Å². The molecule has 8 heteroatoms. The van der Waals surface area contributed by atoms with E-state index >= 15 is 0 Å². The maximum absolute atomic E-state index is 13.1. The molecule has 7 nitrogen and oxygen atoms in total. The smallest absolute Gasteiger partial charge is 0.262 e. The first-order valence-corrected chi connectivity index (χ1v) is 10.7. The highest BCUT2D eigenvalue weighted by Crippen LogP contribution is 2.33. The van der Waals surface area contributed by atoms with E-state index in [0.29, 0.717) is 28.3 Å². The fourth-order valence-electron chi connectivity index (χ4n) is 3.55. The van der Waals surface area contributed by atoms with Gasteiger partial charge < -0.3 is 19.3 Å². The summed E-state index contributed by atoms with van der Waals surface area (Å²) in [6, 6.07) is 15.3. The summed E-state index contributed by atoms with van der Waals surface area (Å²) in [4.78, 5) is 18.2. The van der Waals surface area contributed by atoms with Gasteiger partial charge in [-0.25, -0.2) is 4.98 Å². The second-order valence-corrected chi connectivity index (χ2v) is 8.11. The zero-order valence-corrected chi connectivity index (χ0v) is 17.4. The quantitative estimate of drug-likeness (QED) is 0.478. The molecule has 2 aromatic heterocycles. The van der Waals surface area contributed by atoms with Crippen LogP contribution in [0.3, 0.4) is 0 Å². The Labute approximate surface area is 182 Å². The summed E-state index contributed by atoms with van der Waals surface area (Å²) in [6.45, 7) is 0.741. The molecule has 0 spiro atoms. The average molecular weight is 436 g/mol. The average Bonchev–Trinajstić information content (AvgIpc) is 3.43. The molecule has 1 N–H and O–H groups in total. The maximum atomic E-state index is 13.1. The molecule has 2 aromatic carbocycles. The molecular formula is C23H20N2O5S. The maximum Gasteiger partial charge on any atom is 0.262 e. The largest absolute Gasteiger partial charge is 0.454 e. The van der Waals surface area contributed by atoms with Crippen LogP contribution in [0.1, 0.15) is 5.56 Å². The van der Waals surface area contributed by atoms with Crippen LogP contribution in [0.5, 0.6) is 11.5 Å². The van der Waals surface area contributed by atoms with Gasteiger partial charge >= 0.3 is 0 Å². The number of hydrogen-bond acceptors (Lipinski definition) is 7. The van der Waals surface area contributed by atoms with E-state index in [0.717, 1.165) is 16.7 Å². The Hall–Kier alpha value is -3.20. The molecule has 0 unspecified atom stereocenters. The Morgan fingerprint density at radius 3 is 2.87 bits per heavy atom. The van der Waals surface area contributed by atoms with E-state index in [1.54, 1.807) is 0 Å². The van der Waals surface area contributed by atoms with Crippen molar-refractivity contribution in [3.05, 3.63) is 76.2 Å². The Bertz CT molecular complexity index is 1270. The number of benzene rings is 2. The molecule has 0 radical (unpaired) electrons. The van der Waals surface area contributed by atoms with Crippen molar-refractivity contribution in [3.8, 4) is 22.6 Å². The molecule has 4 aromatic rings. The van der Waals surface area contributed by atoms with Gasteiger partial charge in [0, 0.05) is 10.9 Å². The zero-order valence-electron chi connectivity index (χ0n) is 16.6. The first-order valence-electron chi connectivity index (χ1n) is 9.85. The number of aliphatic hydroxyl groups is 1. The molecule has 0 aliphatic carbocycles. The Kier molecular flexibility index (Phi) is 5.42. The van der Waals surface area contributed by atoms with E-state index in [2.05, 4.69) is 4.98 Å². The van der Waals surface area contributed by atoms with E-state index in [-0.39, 0.29) is 25.5 Å². The molecule has 3 heterocycles. The molecular weight excluding hydrogens is 416 g/mol. The number of aliphatic hydroxyl groups excluding tert-OH is 1. The third-order valence-electron chi connectivity index (χ3n) is 5.07. The van der Waals surface area contributed by atoms with Crippen molar-refractivity contribution in [3.63, 3.8) is 0 Å². The van der Waals surface area contributed by atoms with Crippen LogP contribution in [0.4, 0.5) is 0 Å². The molecule has 0 saturated heterocycles. The summed E-state index contributed by atoms with van der Waals surface area (Å²) < 4.78 is 17.7. The number of fused-ring (bicyclic) bond motifs is 2. The van der Waals surface area contributed by atoms with E-state index < -0.39 is 6.10 Å². The van der Waals surface area contributed by atoms with Crippen molar-refractivity contribution < 1.29 is 19.3 Å². The third kappa shape index (κ3) is 4.05. The molecule has 5 rings (SSSR count). The van der Waals surface area contributed by atoms with Gasteiger partial charge in [-0.15, -0.1) is 11.3 Å². The summed E-state index contributed by atoms with van der Waals surface area (Å²) in [6.07, 6.45) is 0.640. The molecule has 1 aliphatic heterocycles. The number of thiophene rings is 1. The molecule has 1 aliphatic rings. The lowest BCUT2D eigenvalue weighted by molar-refractivity contribution is 0.0198. The van der Waals surface area contributed by atoms with Gasteiger partial charge in [-0.3, -0.25) is 9.36 Å². The normalized spacial score (nSPS) is 13.6. The van der Waals surface area contributed by atoms with E-state index in [9.17, 15) is 9.90 Å². The highest BCUT2D eigenvalue weighted by molar-refractivity contribution is 7.17. The fourth-order valence-corrected chi connectivity index (χ4v) is 4.46. The standard InChI is InChI=1S/C23H20N2O5S/c26-17(11-28-10-15-6-7-19-20(8-15)30-14-29-19)9-25-13-24-22-21(23(25)27)18(12-31-22)16-4-2-1-3-5-16/h1-8,12-13,17,26H,9-11,14H2/t17-/m0/s1. The van der Waals surface area contributed by atoms with Crippen molar-refractivity contribution in [2.45, 2.75) is 19.3 Å². The number of nitrogens with zero attached hydrogens (tertiary/aromatic N) is 2. The SMILES string of the molecule is O=c1c2c(-c3ccccc3)csc2ncn1C[C@H](O)COCc1ccc2c(c1)OCO2. The lowest BCUT2D eigenvalue weighted by Gasteiger charge is -2.13. The van der Waals surface area contributed by atoms with Crippen molar-refractivity contribution in [1.29, 1.82) is 0 Å². The number of ether oxygens (including phenoxy) is 3. The second-order valence-electron chi connectivity index (χ2n) is 7.25. The first kappa shape index (κ1) is 19.7. The summed E-state index contributed by atoms with van der Waals surface area (Å²) in [7, 11) is 0. The molecule has 1 atom stereocenters. The van der Waals surface area contributed by atoms with Crippen molar-refractivity contribution in [2.75, 3.05) is 13.4 Å². The lowest BCUT2D eigenvalue weighted by atomic mass is 10.1. The Morgan fingerprint density at radius 1 is 1.16 bits per heavy atom. The molecule has 0 amide bonds. The van der Waals surface area contributed by atoms with Gasteiger partial charge in [-0.05, 0) is 23.3 Å². The Balaban J connectivity index is 1.27. The van der Waals surface area contributed by atoms with Crippen molar-refractivity contribution >= 4 is 21.6 Å². The van der Waals surface area contributed by atoms with Crippen LogP contribution < -0.4 is 15.0 Å². The summed E-state index contributed by atoms with van der Waals surface area (Å²) in [5.41, 5.74) is 2.58. The van der Waals surface area contributed by atoms with Crippen molar-refractivity contribution in [2.24, 2.45) is 0 Å². The predicted octanol–water partition coefficient (Wildman–Crippen LogP) is 3.43. The summed E-state index contributed by atoms with van der Waals surface area (Å²) in [5.74, 6) is 1.41. The molecule has 0 saturated carbocycles. The van der Waals surface area contributed by atoms with Crippen LogP contribution in [0.25, 0.3) is 21.3 Å². The first-order chi connectivity index (χ1) is 15.2. The van der Waals surface area contributed by atoms with Gasteiger partial charge in [0.1, 0.15) is 4.83 Å². The number of aromatic nitrogens is 2. The van der Waals surface area contributed by atoms with E-state index in [1.807, 2.05) is 53.9 Å². The number of rotatable bonds is 7. The minimum atomic E-state index is -0.843. The molecule has 0 bridgehead atoms. The van der Waals surface area contributed by atoms with Crippen LogP contribution in [-0.4, -0.2) is 34.2 Å². The predicted molar refractivity (Wildman–Crippen MR) is 118 cm³/mol. The molecule has 0 fully saturated rings. The number of hydrogen-bond donors (Lipinski definition) is 1. The third-order valence-corrected chi connectivity index (χ3v) is 5.96. The van der Waals surface area contributed by atoms with Crippen LogP contribution in [-0.2, 0) is 17.9 Å². The van der Waals surface area contributed by atoms with Crippen molar-refractivity contribution in [1.82, 2.24) is 9.55 Å².